The van der Waals surface area contributed by atoms with E-state index in [1.807, 2.05) is 25.1 Å². The van der Waals surface area contributed by atoms with Crippen LogP contribution in [0, 0.1) is 6.92 Å². The Morgan fingerprint density at radius 1 is 1.12 bits per heavy atom. The van der Waals surface area contributed by atoms with E-state index in [4.69, 9.17) is 13.9 Å². The van der Waals surface area contributed by atoms with E-state index >= 15 is 0 Å². The molecule has 1 heterocycles. The molecule has 0 N–H and O–H groups in total. The molecule has 0 aliphatic carbocycles. The predicted octanol–water partition coefficient (Wildman–Crippen LogP) is 3.78. The first-order valence-electron chi connectivity index (χ1n) is 8.01. The standard InChI is InChI=1S/C20H18O5/c1-3-23-20(22)19(14-7-5-4-6-8-14)24-15-9-10-16-13(2)11-18(21)25-17(16)12-15/h4-12,19H,3H2,1-2H3/t19-/m0/s1. The molecule has 2 aromatic carbocycles. The maximum Gasteiger partial charge on any atom is 0.352 e. The number of fused-ring (bicyclic) bond motifs is 1. The molecule has 0 bridgehead atoms. The monoisotopic (exact) mass is 338 g/mol. The van der Waals surface area contributed by atoms with Crippen molar-refractivity contribution < 1.29 is 18.7 Å². The normalized spacial score (nSPS) is 11.9. The zero-order chi connectivity index (χ0) is 17.8. The second-order valence-electron chi connectivity index (χ2n) is 5.57. The Morgan fingerprint density at radius 3 is 2.60 bits per heavy atom. The van der Waals surface area contributed by atoms with Gasteiger partial charge < -0.3 is 13.9 Å². The van der Waals surface area contributed by atoms with Gasteiger partial charge in [-0.3, -0.25) is 0 Å². The van der Waals surface area contributed by atoms with Crippen molar-refractivity contribution in [2.24, 2.45) is 0 Å². The third kappa shape index (κ3) is 3.71. The van der Waals surface area contributed by atoms with Crippen LogP contribution in [0.25, 0.3) is 11.0 Å². The zero-order valence-corrected chi connectivity index (χ0v) is 14.0. The third-order valence-electron chi connectivity index (χ3n) is 3.78. The van der Waals surface area contributed by atoms with E-state index in [1.165, 1.54) is 6.07 Å². The maximum atomic E-state index is 12.3. The van der Waals surface area contributed by atoms with Gasteiger partial charge in [0, 0.05) is 23.1 Å². The van der Waals surface area contributed by atoms with Gasteiger partial charge in [-0.15, -0.1) is 0 Å². The van der Waals surface area contributed by atoms with Crippen molar-refractivity contribution in [2.45, 2.75) is 20.0 Å². The Bertz CT molecular complexity index is 943. The fourth-order valence-corrected chi connectivity index (χ4v) is 2.61. The van der Waals surface area contributed by atoms with E-state index in [1.54, 1.807) is 37.3 Å². The first-order valence-corrected chi connectivity index (χ1v) is 8.01. The Balaban J connectivity index is 1.98. The molecule has 3 aromatic rings. The maximum absolute atomic E-state index is 12.3. The average Bonchev–Trinajstić information content (AvgIpc) is 2.60. The molecule has 5 heteroatoms. The van der Waals surface area contributed by atoms with Gasteiger partial charge in [0.05, 0.1) is 6.61 Å². The minimum Gasteiger partial charge on any atom is -0.474 e. The van der Waals surface area contributed by atoms with Crippen LogP contribution in [0.1, 0.15) is 24.2 Å². The van der Waals surface area contributed by atoms with Crippen LogP contribution >= 0.6 is 0 Å². The topological polar surface area (TPSA) is 65.7 Å². The molecule has 1 aromatic heterocycles. The van der Waals surface area contributed by atoms with Crippen LogP contribution in [0.2, 0.25) is 0 Å². The molecular formula is C20H18O5. The van der Waals surface area contributed by atoms with Gasteiger partial charge in [-0.2, -0.15) is 0 Å². The molecule has 0 saturated heterocycles. The van der Waals surface area contributed by atoms with Crippen LogP contribution in [0.5, 0.6) is 5.75 Å². The smallest absolute Gasteiger partial charge is 0.352 e. The van der Waals surface area contributed by atoms with Crippen molar-refractivity contribution in [3.8, 4) is 5.75 Å². The van der Waals surface area contributed by atoms with Gasteiger partial charge in [-0.05, 0) is 31.5 Å². The number of hydrogen-bond donors (Lipinski definition) is 0. The van der Waals surface area contributed by atoms with E-state index < -0.39 is 17.7 Å². The van der Waals surface area contributed by atoms with Crippen molar-refractivity contribution in [1.82, 2.24) is 0 Å². The summed E-state index contributed by atoms with van der Waals surface area (Å²) in [5.74, 6) is -0.0531. The molecule has 0 aliphatic heterocycles. The Kier molecular flexibility index (Phi) is 4.84. The molecule has 0 fully saturated rings. The summed E-state index contributed by atoms with van der Waals surface area (Å²) in [6.45, 7) is 3.84. The van der Waals surface area contributed by atoms with Gasteiger partial charge in [0.2, 0.25) is 6.10 Å². The quantitative estimate of drug-likeness (QED) is 0.523. The van der Waals surface area contributed by atoms with E-state index in [-0.39, 0.29) is 6.61 Å². The summed E-state index contributed by atoms with van der Waals surface area (Å²) >= 11 is 0. The predicted molar refractivity (Wildman–Crippen MR) is 93.7 cm³/mol. The fourth-order valence-electron chi connectivity index (χ4n) is 2.61. The molecule has 0 radical (unpaired) electrons. The van der Waals surface area contributed by atoms with Crippen LogP contribution in [0.4, 0.5) is 0 Å². The minimum absolute atomic E-state index is 0.261. The van der Waals surface area contributed by atoms with Gasteiger partial charge in [0.15, 0.2) is 0 Å². The minimum atomic E-state index is -0.893. The third-order valence-corrected chi connectivity index (χ3v) is 3.78. The number of ether oxygens (including phenoxy) is 2. The van der Waals surface area contributed by atoms with Gasteiger partial charge in [-0.25, -0.2) is 9.59 Å². The lowest BCUT2D eigenvalue weighted by molar-refractivity contribution is -0.151. The van der Waals surface area contributed by atoms with Crippen molar-refractivity contribution in [3.05, 3.63) is 76.1 Å². The highest BCUT2D eigenvalue weighted by Crippen LogP contribution is 2.27. The molecule has 128 valence electrons. The SMILES string of the molecule is CCOC(=O)[C@@H](Oc1ccc2c(C)cc(=O)oc2c1)c1ccccc1. The lowest BCUT2D eigenvalue weighted by Crippen LogP contribution is -2.21. The van der Waals surface area contributed by atoms with E-state index in [0.717, 1.165) is 10.9 Å². The summed E-state index contributed by atoms with van der Waals surface area (Å²) in [6.07, 6.45) is -0.893. The van der Waals surface area contributed by atoms with Crippen LogP contribution in [0.3, 0.4) is 0 Å². The molecule has 0 spiro atoms. The second-order valence-corrected chi connectivity index (χ2v) is 5.57. The molecule has 0 aliphatic rings. The van der Waals surface area contributed by atoms with Crippen LogP contribution < -0.4 is 10.4 Å². The molecule has 0 amide bonds. The number of benzene rings is 2. The summed E-state index contributed by atoms with van der Waals surface area (Å²) < 4.78 is 16.2. The Morgan fingerprint density at radius 2 is 1.88 bits per heavy atom. The highest BCUT2D eigenvalue weighted by molar-refractivity contribution is 5.82. The van der Waals surface area contributed by atoms with E-state index in [0.29, 0.717) is 16.9 Å². The summed E-state index contributed by atoms with van der Waals surface area (Å²) in [7, 11) is 0. The first-order chi connectivity index (χ1) is 12.1. The molecule has 5 nitrogen and oxygen atoms in total. The summed E-state index contributed by atoms with van der Waals surface area (Å²) in [6, 6.07) is 15.7. The number of carbonyl (C=O) groups is 1. The van der Waals surface area contributed by atoms with Crippen molar-refractivity contribution in [3.63, 3.8) is 0 Å². The van der Waals surface area contributed by atoms with Crippen LogP contribution in [-0.4, -0.2) is 12.6 Å². The number of hydrogen-bond acceptors (Lipinski definition) is 5. The summed E-state index contributed by atoms with van der Waals surface area (Å²) in [5, 5.41) is 0.819. The molecule has 1 atom stereocenters. The van der Waals surface area contributed by atoms with Gasteiger partial charge in [0.1, 0.15) is 11.3 Å². The highest BCUT2D eigenvalue weighted by Gasteiger charge is 2.24. The number of aryl methyl sites for hydroxylation is 1. The summed E-state index contributed by atoms with van der Waals surface area (Å²) in [4.78, 5) is 23.9. The Hall–Kier alpha value is -3.08. The lowest BCUT2D eigenvalue weighted by atomic mass is 10.1. The molecule has 3 rings (SSSR count). The largest absolute Gasteiger partial charge is 0.474 e. The van der Waals surface area contributed by atoms with Gasteiger partial charge in [-0.1, -0.05) is 30.3 Å². The van der Waals surface area contributed by atoms with Gasteiger partial charge in [0.25, 0.3) is 0 Å². The fraction of sp³-hybridized carbons (Fsp3) is 0.200. The first kappa shape index (κ1) is 16.8. The lowest BCUT2D eigenvalue weighted by Gasteiger charge is -2.18. The Labute approximate surface area is 144 Å². The molecule has 25 heavy (non-hydrogen) atoms. The van der Waals surface area contributed by atoms with Crippen molar-refractivity contribution in [1.29, 1.82) is 0 Å². The van der Waals surface area contributed by atoms with E-state index in [2.05, 4.69) is 0 Å². The van der Waals surface area contributed by atoms with Crippen molar-refractivity contribution >= 4 is 16.9 Å². The van der Waals surface area contributed by atoms with Gasteiger partial charge >= 0.3 is 11.6 Å². The molecule has 0 unspecified atom stereocenters. The molecule has 0 saturated carbocycles. The van der Waals surface area contributed by atoms with Crippen LogP contribution in [0.15, 0.2) is 63.8 Å². The number of rotatable bonds is 5. The number of carbonyl (C=O) groups excluding carboxylic acids is 1. The van der Waals surface area contributed by atoms with Crippen molar-refractivity contribution in [2.75, 3.05) is 6.61 Å². The molecular weight excluding hydrogens is 320 g/mol. The van der Waals surface area contributed by atoms with Crippen LogP contribution in [-0.2, 0) is 9.53 Å². The highest BCUT2D eigenvalue weighted by atomic mass is 16.6. The van der Waals surface area contributed by atoms with E-state index in [9.17, 15) is 9.59 Å². The number of esters is 1. The summed E-state index contributed by atoms with van der Waals surface area (Å²) in [5.41, 5.74) is 1.50. The average molecular weight is 338 g/mol. The second kappa shape index (κ2) is 7.21. The zero-order valence-electron chi connectivity index (χ0n) is 14.0.